The normalized spacial score (nSPS) is 12.8. The van der Waals surface area contributed by atoms with Crippen LogP contribution in [0.1, 0.15) is 342 Å². The monoisotopic (exact) mass is 1150 g/mol. The van der Waals surface area contributed by atoms with Crippen molar-refractivity contribution >= 4 is 17.9 Å². The topological polar surface area (TPSA) is 78.9 Å². The van der Waals surface area contributed by atoms with Gasteiger partial charge < -0.3 is 14.2 Å². The molecule has 0 saturated carbocycles. The molecule has 0 aliphatic heterocycles. The number of unbranched alkanes of at least 4 members (excludes halogenated alkanes) is 35. The molecule has 0 fully saturated rings. The van der Waals surface area contributed by atoms with Gasteiger partial charge in [0, 0.05) is 19.3 Å². The SMILES string of the molecule is CC/C=C\C/C=C\C/C=C\C/C=C\C/C=C\CCCCCCCCCCCC(=O)OCC(COC(=O)CCCCCCCCC/C=C\C/C=C\CCCCC)OC(=O)CCCCCCCCCCCCC/C=C\C/C=C\CCCCCCC. The molecule has 6 nitrogen and oxygen atoms in total. The maximum absolute atomic E-state index is 13.0. The van der Waals surface area contributed by atoms with Gasteiger partial charge in [-0.05, 0) is 128 Å². The lowest BCUT2D eigenvalue weighted by atomic mass is 10.0. The molecule has 0 aromatic heterocycles. The Bertz CT molecular complexity index is 1660. The third-order valence-corrected chi connectivity index (χ3v) is 15.2. The zero-order valence-electron chi connectivity index (χ0n) is 54.7. The summed E-state index contributed by atoms with van der Waals surface area (Å²) in [5, 5.41) is 0. The van der Waals surface area contributed by atoms with E-state index >= 15 is 0 Å². The smallest absolute Gasteiger partial charge is 0.306 e. The van der Waals surface area contributed by atoms with Crippen molar-refractivity contribution in [1.29, 1.82) is 0 Å². The average molecular weight is 1150 g/mol. The van der Waals surface area contributed by atoms with Crippen molar-refractivity contribution in [1.82, 2.24) is 0 Å². The molecule has 0 rings (SSSR count). The summed E-state index contributed by atoms with van der Waals surface area (Å²) in [5.74, 6) is -0.885. The molecule has 1 unspecified atom stereocenters. The molecule has 0 aromatic carbocycles. The minimum Gasteiger partial charge on any atom is -0.462 e. The molecule has 0 heterocycles. The van der Waals surface area contributed by atoms with Crippen LogP contribution in [-0.4, -0.2) is 37.2 Å². The molecule has 6 heteroatoms. The van der Waals surface area contributed by atoms with Crippen molar-refractivity contribution < 1.29 is 28.6 Å². The van der Waals surface area contributed by atoms with E-state index in [1.54, 1.807) is 0 Å². The van der Waals surface area contributed by atoms with Crippen molar-refractivity contribution in [3.05, 3.63) is 109 Å². The van der Waals surface area contributed by atoms with Gasteiger partial charge in [0.15, 0.2) is 6.10 Å². The van der Waals surface area contributed by atoms with Crippen LogP contribution in [0.2, 0.25) is 0 Å². The highest BCUT2D eigenvalue weighted by Gasteiger charge is 2.19. The number of carbonyl (C=O) groups excluding carboxylic acids is 3. The summed E-state index contributed by atoms with van der Waals surface area (Å²) < 4.78 is 17.0. The highest BCUT2D eigenvalue weighted by atomic mass is 16.6. The summed E-state index contributed by atoms with van der Waals surface area (Å²) in [6.45, 7) is 6.52. The van der Waals surface area contributed by atoms with Gasteiger partial charge in [-0.15, -0.1) is 0 Å². The number of esters is 3. The predicted molar refractivity (Wildman–Crippen MR) is 362 cm³/mol. The number of hydrogen-bond donors (Lipinski definition) is 0. The third kappa shape index (κ3) is 68.7. The molecule has 0 aliphatic carbocycles. The number of ether oxygens (including phenoxy) is 3. The zero-order valence-corrected chi connectivity index (χ0v) is 54.7. The fourth-order valence-electron chi connectivity index (χ4n) is 9.94. The fourth-order valence-corrected chi connectivity index (χ4v) is 9.94. The summed E-state index contributed by atoms with van der Waals surface area (Å²) in [4.78, 5) is 38.5. The summed E-state index contributed by atoms with van der Waals surface area (Å²) in [7, 11) is 0. The first-order valence-corrected chi connectivity index (χ1v) is 35.4. The molecule has 0 bridgehead atoms. The Morgan fingerprint density at radius 3 is 0.759 bits per heavy atom. The van der Waals surface area contributed by atoms with E-state index in [0.29, 0.717) is 19.3 Å². The fraction of sp³-hybridized carbons (Fsp3) is 0.727. The minimum absolute atomic E-state index is 0.0841. The Morgan fingerprint density at radius 2 is 0.470 bits per heavy atom. The highest BCUT2D eigenvalue weighted by molar-refractivity contribution is 5.71. The van der Waals surface area contributed by atoms with Crippen LogP contribution in [0.3, 0.4) is 0 Å². The number of rotatable bonds is 64. The summed E-state index contributed by atoms with van der Waals surface area (Å²) in [5.41, 5.74) is 0. The zero-order chi connectivity index (χ0) is 59.9. The molecule has 0 radical (unpaired) electrons. The van der Waals surface area contributed by atoms with Gasteiger partial charge in [0.2, 0.25) is 0 Å². The molecule has 476 valence electrons. The van der Waals surface area contributed by atoms with Crippen molar-refractivity contribution in [2.24, 2.45) is 0 Å². The Kier molecular flexibility index (Phi) is 67.2. The van der Waals surface area contributed by atoms with Gasteiger partial charge in [-0.1, -0.05) is 304 Å². The largest absolute Gasteiger partial charge is 0.462 e. The Morgan fingerprint density at radius 1 is 0.253 bits per heavy atom. The standard InChI is InChI=1S/C77H132O6/c1-4-7-10-13-16-19-22-25-28-31-33-35-37-38-40-41-43-46-49-52-55-58-61-64-67-70-76(79)82-73-74(72-81-75(78)69-66-63-60-57-54-51-48-45-30-27-24-21-18-15-12-9-6-3)83-77(80)71-68-65-62-59-56-53-50-47-44-42-39-36-34-32-29-26-23-20-17-14-11-8-5-2/h7,10,16,18-19,21,23,25-28,30,32-35,38,40,74H,4-6,8-9,11-15,17,20,22,24,29,31,36-37,39,41-73H2,1-3H3/b10-7-,19-16-,21-18-,26-23-,28-25-,30-27-,34-32-,35-33-,40-38-. The molecule has 1 atom stereocenters. The first kappa shape index (κ1) is 79.1. The van der Waals surface area contributed by atoms with Gasteiger partial charge in [0.25, 0.3) is 0 Å². The molecular weight excluding hydrogens is 1020 g/mol. The second-order valence-electron chi connectivity index (χ2n) is 23.4. The second-order valence-corrected chi connectivity index (χ2v) is 23.4. The maximum Gasteiger partial charge on any atom is 0.306 e. The van der Waals surface area contributed by atoms with E-state index in [1.807, 2.05) is 0 Å². The van der Waals surface area contributed by atoms with Gasteiger partial charge in [-0.25, -0.2) is 0 Å². The van der Waals surface area contributed by atoms with Gasteiger partial charge in [-0.2, -0.15) is 0 Å². The van der Waals surface area contributed by atoms with Crippen LogP contribution in [0, 0.1) is 0 Å². The first-order chi connectivity index (χ1) is 41.0. The van der Waals surface area contributed by atoms with Crippen LogP contribution < -0.4 is 0 Å². The lowest BCUT2D eigenvalue weighted by molar-refractivity contribution is -0.167. The Labute approximate surface area is 514 Å². The number of carbonyl (C=O) groups is 3. The highest BCUT2D eigenvalue weighted by Crippen LogP contribution is 2.17. The first-order valence-electron chi connectivity index (χ1n) is 35.4. The lowest BCUT2D eigenvalue weighted by Gasteiger charge is -2.18. The molecule has 0 aliphatic rings. The van der Waals surface area contributed by atoms with E-state index in [2.05, 4.69) is 130 Å². The van der Waals surface area contributed by atoms with Crippen LogP contribution >= 0.6 is 0 Å². The maximum atomic E-state index is 13.0. The molecule has 0 saturated heterocycles. The summed E-state index contributed by atoms with van der Waals surface area (Å²) in [6.07, 6.45) is 96.7. The molecule has 0 spiro atoms. The van der Waals surface area contributed by atoms with Crippen LogP contribution in [0.25, 0.3) is 0 Å². The molecule has 0 aromatic rings. The Balaban J connectivity index is 4.38. The van der Waals surface area contributed by atoms with Crippen LogP contribution in [0.15, 0.2) is 109 Å². The van der Waals surface area contributed by atoms with Crippen molar-refractivity contribution in [2.45, 2.75) is 348 Å². The molecular formula is C77H132O6. The van der Waals surface area contributed by atoms with Crippen molar-refractivity contribution in [3.8, 4) is 0 Å². The quantitative estimate of drug-likeness (QED) is 0.0261. The molecule has 0 amide bonds. The molecule has 83 heavy (non-hydrogen) atoms. The van der Waals surface area contributed by atoms with E-state index in [9.17, 15) is 14.4 Å². The van der Waals surface area contributed by atoms with Crippen LogP contribution in [-0.2, 0) is 28.6 Å². The van der Waals surface area contributed by atoms with Crippen LogP contribution in [0.5, 0.6) is 0 Å². The predicted octanol–water partition coefficient (Wildman–Crippen LogP) is 24.6. The summed E-state index contributed by atoms with van der Waals surface area (Å²) in [6, 6.07) is 0. The summed E-state index contributed by atoms with van der Waals surface area (Å²) >= 11 is 0. The number of hydrogen-bond acceptors (Lipinski definition) is 6. The van der Waals surface area contributed by atoms with Gasteiger partial charge in [0.1, 0.15) is 13.2 Å². The third-order valence-electron chi connectivity index (χ3n) is 15.2. The number of allylic oxidation sites excluding steroid dienone is 18. The van der Waals surface area contributed by atoms with E-state index < -0.39 is 6.10 Å². The van der Waals surface area contributed by atoms with Gasteiger partial charge >= 0.3 is 17.9 Å². The van der Waals surface area contributed by atoms with E-state index in [-0.39, 0.29) is 31.1 Å². The Hall–Kier alpha value is -3.93. The lowest BCUT2D eigenvalue weighted by Crippen LogP contribution is -2.30. The van der Waals surface area contributed by atoms with E-state index in [0.717, 1.165) is 116 Å². The van der Waals surface area contributed by atoms with Crippen molar-refractivity contribution in [2.75, 3.05) is 13.2 Å². The van der Waals surface area contributed by atoms with Crippen LogP contribution in [0.4, 0.5) is 0 Å². The van der Waals surface area contributed by atoms with Gasteiger partial charge in [-0.3, -0.25) is 14.4 Å². The average Bonchev–Trinajstić information content (AvgIpc) is 3.49. The molecule has 0 N–H and O–H groups in total. The van der Waals surface area contributed by atoms with Crippen molar-refractivity contribution in [3.63, 3.8) is 0 Å². The minimum atomic E-state index is -0.789. The second kappa shape index (κ2) is 70.6. The van der Waals surface area contributed by atoms with E-state index in [4.69, 9.17) is 14.2 Å². The van der Waals surface area contributed by atoms with Gasteiger partial charge in [0.05, 0.1) is 0 Å². The van der Waals surface area contributed by atoms with E-state index in [1.165, 1.54) is 186 Å².